The van der Waals surface area contributed by atoms with Gasteiger partial charge in [0.15, 0.2) is 0 Å². The summed E-state index contributed by atoms with van der Waals surface area (Å²) in [6.07, 6.45) is 2.21. The Kier molecular flexibility index (Phi) is 3.62. The Morgan fingerprint density at radius 1 is 1.32 bits per heavy atom. The molecule has 0 atom stereocenters. The predicted octanol–water partition coefficient (Wildman–Crippen LogP) is 2.34. The van der Waals surface area contributed by atoms with Crippen LogP contribution in [-0.2, 0) is 6.42 Å². The first-order chi connectivity index (χ1) is 10.5. The van der Waals surface area contributed by atoms with Crippen LogP contribution in [0.15, 0.2) is 29.4 Å². The molecule has 0 spiro atoms. The number of aliphatic imine (C=N–C) groups is 1. The second kappa shape index (κ2) is 5.46. The van der Waals surface area contributed by atoms with Gasteiger partial charge in [0.1, 0.15) is 0 Å². The van der Waals surface area contributed by atoms with Crippen LogP contribution >= 0.6 is 11.3 Å². The Bertz CT molecular complexity index is 791. The van der Waals surface area contributed by atoms with Crippen molar-refractivity contribution in [3.63, 3.8) is 0 Å². The van der Waals surface area contributed by atoms with E-state index in [-0.39, 0.29) is 11.8 Å². The van der Waals surface area contributed by atoms with Gasteiger partial charge in [-0.25, -0.2) is 4.99 Å². The molecule has 0 N–H and O–H groups in total. The summed E-state index contributed by atoms with van der Waals surface area (Å²) >= 11 is 1.38. The molecule has 2 amide bonds. The monoisotopic (exact) mass is 313 g/mol. The molecule has 0 bridgehead atoms. The SMILES string of the molecule is Cc1c(C(=O)N(C)C)sc2c1C(=O)N=C(c1ccccn1)C2. The molecule has 0 saturated heterocycles. The number of hydrogen-bond donors (Lipinski definition) is 0. The van der Waals surface area contributed by atoms with Crippen LogP contribution in [0, 0.1) is 6.92 Å². The lowest BCUT2D eigenvalue weighted by atomic mass is 10.0. The summed E-state index contributed by atoms with van der Waals surface area (Å²) in [5.41, 5.74) is 2.67. The smallest absolute Gasteiger partial charge is 0.278 e. The van der Waals surface area contributed by atoms with E-state index >= 15 is 0 Å². The van der Waals surface area contributed by atoms with Crippen LogP contribution in [0.4, 0.5) is 0 Å². The summed E-state index contributed by atoms with van der Waals surface area (Å²) in [5, 5.41) is 0. The van der Waals surface area contributed by atoms with Gasteiger partial charge in [0.2, 0.25) is 0 Å². The van der Waals surface area contributed by atoms with Crippen LogP contribution in [0.3, 0.4) is 0 Å². The minimum atomic E-state index is -0.284. The second-order valence-corrected chi connectivity index (χ2v) is 6.41. The van der Waals surface area contributed by atoms with E-state index in [1.807, 2.05) is 25.1 Å². The van der Waals surface area contributed by atoms with E-state index in [1.54, 1.807) is 20.3 Å². The van der Waals surface area contributed by atoms with E-state index in [0.29, 0.717) is 28.3 Å². The van der Waals surface area contributed by atoms with Crippen LogP contribution in [0.1, 0.15) is 36.2 Å². The number of carbonyl (C=O) groups excluding carboxylic acids is 2. The number of pyridine rings is 1. The molecule has 1 aliphatic rings. The molecule has 3 heterocycles. The molecule has 112 valence electrons. The van der Waals surface area contributed by atoms with Gasteiger partial charge < -0.3 is 4.90 Å². The average Bonchev–Trinajstić information content (AvgIpc) is 2.84. The largest absolute Gasteiger partial charge is 0.344 e. The third-order valence-electron chi connectivity index (χ3n) is 3.56. The maximum Gasteiger partial charge on any atom is 0.278 e. The number of nitrogens with zero attached hydrogens (tertiary/aromatic N) is 3. The molecule has 0 saturated carbocycles. The molecular formula is C16H15N3O2S. The molecule has 2 aromatic rings. The van der Waals surface area contributed by atoms with Gasteiger partial charge in [-0.1, -0.05) is 6.07 Å². The summed E-state index contributed by atoms with van der Waals surface area (Å²) in [7, 11) is 3.41. The van der Waals surface area contributed by atoms with Crippen LogP contribution in [0.2, 0.25) is 0 Å². The molecule has 5 nitrogen and oxygen atoms in total. The fourth-order valence-corrected chi connectivity index (χ4v) is 3.76. The molecule has 0 aromatic carbocycles. The average molecular weight is 313 g/mol. The number of amides is 2. The van der Waals surface area contributed by atoms with Gasteiger partial charge in [0.05, 0.1) is 21.8 Å². The highest BCUT2D eigenvalue weighted by molar-refractivity contribution is 7.14. The van der Waals surface area contributed by atoms with E-state index in [0.717, 1.165) is 10.4 Å². The predicted molar refractivity (Wildman–Crippen MR) is 85.9 cm³/mol. The molecule has 0 radical (unpaired) electrons. The molecular weight excluding hydrogens is 298 g/mol. The number of rotatable bonds is 2. The minimum Gasteiger partial charge on any atom is -0.344 e. The van der Waals surface area contributed by atoms with E-state index in [2.05, 4.69) is 9.98 Å². The van der Waals surface area contributed by atoms with Crippen molar-refractivity contribution in [3.05, 3.63) is 51.0 Å². The van der Waals surface area contributed by atoms with Crippen molar-refractivity contribution < 1.29 is 9.59 Å². The quantitative estimate of drug-likeness (QED) is 0.855. The third-order valence-corrected chi connectivity index (χ3v) is 4.84. The Labute approximate surface area is 132 Å². The number of carbonyl (C=O) groups is 2. The fourth-order valence-electron chi connectivity index (χ4n) is 2.44. The molecule has 1 aliphatic heterocycles. The fraction of sp³-hybridized carbons (Fsp3) is 0.250. The van der Waals surface area contributed by atoms with Crippen molar-refractivity contribution in [2.75, 3.05) is 14.1 Å². The normalized spacial score (nSPS) is 13.6. The van der Waals surface area contributed by atoms with Gasteiger partial charge in [0.25, 0.3) is 11.8 Å². The summed E-state index contributed by atoms with van der Waals surface area (Å²) in [4.78, 5) is 36.0. The molecule has 2 aromatic heterocycles. The molecule has 3 rings (SSSR count). The van der Waals surface area contributed by atoms with Crippen molar-refractivity contribution in [1.29, 1.82) is 0 Å². The van der Waals surface area contributed by atoms with E-state index in [1.165, 1.54) is 16.2 Å². The topological polar surface area (TPSA) is 62.6 Å². The zero-order valence-corrected chi connectivity index (χ0v) is 13.4. The molecule has 0 unspecified atom stereocenters. The summed E-state index contributed by atoms with van der Waals surface area (Å²) < 4.78 is 0. The minimum absolute atomic E-state index is 0.0795. The van der Waals surface area contributed by atoms with E-state index in [9.17, 15) is 9.59 Å². The zero-order valence-electron chi connectivity index (χ0n) is 12.6. The highest BCUT2D eigenvalue weighted by Crippen LogP contribution is 2.33. The van der Waals surface area contributed by atoms with Gasteiger partial charge in [-0.05, 0) is 24.6 Å². The summed E-state index contributed by atoms with van der Waals surface area (Å²) in [5.74, 6) is -0.363. The Balaban J connectivity index is 2.03. The van der Waals surface area contributed by atoms with Gasteiger partial charge in [0, 0.05) is 31.6 Å². The Hall–Kier alpha value is -2.34. The first-order valence-corrected chi connectivity index (χ1v) is 7.68. The van der Waals surface area contributed by atoms with Crippen LogP contribution in [0.25, 0.3) is 0 Å². The lowest BCUT2D eigenvalue weighted by molar-refractivity contribution is 0.0831. The summed E-state index contributed by atoms with van der Waals surface area (Å²) in [6.45, 7) is 1.81. The van der Waals surface area contributed by atoms with E-state index < -0.39 is 0 Å². The highest BCUT2D eigenvalue weighted by Gasteiger charge is 2.29. The van der Waals surface area contributed by atoms with Crippen molar-refractivity contribution in [2.24, 2.45) is 4.99 Å². The van der Waals surface area contributed by atoms with Gasteiger partial charge in [-0.3, -0.25) is 14.6 Å². The number of hydrogen-bond acceptors (Lipinski definition) is 4. The zero-order chi connectivity index (χ0) is 15.9. The maximum atomic E-state index is 12.4. The van der Waals surface area contributed by atoms with Crippen LogP contribution in [-0.4, -0.2) is 41.5 Å². The van der Waals surface area contributed by atoms with E-state index in [4.69, 9.17) is 0 Å². The second-order valence-electron chi connectivity index (χ2n) is 5.31. The van der Waals surface area contributed by atoms with Crippen molar-refractivity contribution in [1.82, 2.24) is 9.88 Å². The van der Waals surface area contributed by atoms with Crippen LogP contribution in [0.5, 0.6) is 0 Å². The molecule has 0 aliphatic carbocycles. The highest BCUT2D eigenvalue weighted by atomic mass is 32.1. The van der Waals surface area contributed by atoms with Crippen molar-refractivity contribution in [2.45, 2.75) is 13.3 Å². The lowest BCUT2D eigenvalue weighted by Crippen LogP contribution is -2.21. The number of thiophene rings is 1. The molecule has 6 heteroatoms. The summed E-state index contributed by atoms with van der Waals surface area (Å²) in [6, 6.07) is 5.53. The molecule has 22 heavy (non-hydrogen) atoms. The third kappa shape index (κ3) is 2.35. The van der Waals surface area contributed by atoms with Gasteiger partial charge in [-0.2, -0.15) is 0 Å². The van der Waals surface area contributed by atoms with Gasteiger partial charge in [-0.15, -0.1) is 11.3 Å². The first kappa shape index (κ1) is 14.6. The molecule has 0 fully saturated rings. The van der Waals surface area contributed by atoms with Crippen molar-refractivity contribution >= 4 is 28.9 Å². The number of aromatic nitrogens is 1. The lowest BCUT2D eigenvalue weighted by Gasteiger charge is -2.11. The van der Waals surface area contributed by atoms with Crippen LogP contribution < -0.4 is 0 Å². The standard InChI is InChI=1S/C16H15N3O2S/c1-9-13-12(22-14(9)16(21)19(2)3)8-11(18-15(13)20)10-6-4-5-7-17-10/h4-7H,8H2,1-3H3. The van der Waals surface area contributed by atoms with Gasteiger partial charge >= 0.3 is 0 Å². The first-order valence-electron chi connectivity index (χ1n) is 6.86. The Morgan fingerprint density at radius 3 is 2.73 bits per heavy atom. The maximum absolute atomic E-state index is 12.4. The Morgan fingerprint density at radius 2 is 2.09 bits per heavy atom. The van der Waals surface area contributed by atoms with Crippen molar-refractivity contribution in [3.8, 4) is 0 Å². The number of fused-ring (bicyclic) bond motifs is 1.